The normalized spacial score (nSPS) is 11.1. The van der Waals surface area contributed by atoms with Crippen molar-refractivity contribution >= 4 is 49.6 Å². The van der Waals surface area contributed by atoms with Gasteiger partial charge in [0.05, 0.1) is 105 Å². The van der Waals surface area contributed by atoms with Crippen molar-refractivity contribution in [1.29, 1.82) is 0 Å². The zero-order valence-corrected chi connectivity index (χ0v) is 41.4. The molecule has 3 amide bonds. The monoisotopic (exact) mass is 1090 g/mol. The smallest absolute Gasteiger partial charge is 0.281 e. The molecule has 3 N–H and O–H groups in total. The lowest BCUT2D eigenvalue weighted by Gasteiger charge is -2.16. The average molecular weight is 1100 g/mol. The summed E-state index contributed by atoms with van der Waals surface area (Å²) in [5.74, 6) is 0.277. The molecular formula is C41H57Br2N15O11. The number of azide groups is 1. The van der Waals surface area contributed by atoms with Gasteiger partial charge in [-0.25, -0.2) is 14.0 Å². The molecule has 26 nitrogen and oxygen atoms in total. The first kappa shape index (κ1) is 56.0. The van der Waals surface area contributed by atoms with Gasteiger partial charge in [0.25, 0.3) is 11.1 Å². The lowest BCUT2D eigenvalue weighted by Crippen LogP contribution is -2.41. The van der Waals surface area contributed by atoms with Crippen LogP contribution >= 0.6 is 31.9 Å². The van der Waals surface area contributed by atoms with Crippen LogP contribution in [-0.2, 0) is 69.0 Å². The van der Waals surface area contributed by atoms with Gasteiger partial charge in [-0.2, -0.15) is 0 Å². The summed E-state index contributed by atoms with van der Waals surface area (Å²) in [6.45, 7) is 7.04. The number of aromatic nitrogens is 9. The zero-order chi connectivity index (χ0) is 49.5. The van der Waals surface area contributed by atoms with Crippen LogP contribution < -0.4 is 27.1 Å². The summed E-state index contributed by atoms with van der Waals surface area (Å²) >= 11 is 6.36. The van der Waals surface area contributed by atoms with Crippen molar-refractivity contribution in [1.82, 2.24) is 60.7 Å². The van der Waals surface area contributed by atoms with Crippen LogP contribution in [0, 0.1) is 6.92 Å². The Morgan fingerprint density at radius 3 is 1.77 bits per heavy atom. The largest absolute Gasteiger partial charge is 0.379 e. The highest BCUT2D eigenvalue weighted by molar-refractivity contribution is 9.13. The Labute approximate surface area is 413 Å². The fraction of sp³-hybridized carbons (Fsp3) is 0.585. The minimum Gasteiger partial charge on any atom is -0.379 e. The molecule has 4 rings (SSSR count). The topological polar surface area (TPSA) is 318 Å². The first-order valence-electron chi connectivity index (χ1n) is 22.0. The number of carbonyl (C=O) groups excluding carboxylic acids is 3. The maximum atomic E-state index is 13.2. The molecule has 3 heterocycles. The molecule has 0 saturated heterocycles. The van der Waals surface area contributed by atoms with Gasteiger partial charge in [0.1, 0.15) is 14.6 Å². The molecule has 4 aromatic rings. The van der Waals surface area contributed by atoms with Gasteiger partial charge in [-0.05, 0) is 56.3 Å². The second kappa shape index (κ2) is 33.0. The number of hydrogen-bond donors (Lipinski definition) is 3. The number of aryl methyl sites for hydroxylation is 1. The zero-order valence-electron chi connectivity index (χ0n) is 38.3. The molecule has 0 fully saturated rings. The van der Waals surface area contributed by atoms with Crippen LogP contribution in [0.25, 0.3) is 21.8 Å². The quantitative estimate of drug-likeness (QED) is 0.0250. The van der Waals surface area contributed by atoms with Crippen LogP contribution in [0.2, 0.25) is 0 Å². The van der Waals surface area contributed by atoms with E-state index in [-0.39, 0.29) is 78.7 Å². The van der Waals surface area contributed by atoms with E-state index in [4.69, 9.17) is 34.0 Å². The van der Waals surface area contributed by atoms with Crippen LogP contribution in [0.1, 0.15) is 42.8 Å². The summed E-state index contributed by atoms with van der Waals surface area (Å²) in [6, 6.07) is 7.42. The van der Waals surface area contributed by atoms with E-state index in [1.54, 1.807) is 17.8 Å². The molecule has 28 heteroatoms. The number of halogens is 2. The summed E-state index contributed by atoms with van der Waals surface area (Å²) in [5, 5.41) is 35.8. The van der Waals surface area contributed by atoms with Crippen molar-refractivity contribution in [3.05, 3.63) is 87.6 Å². The van der Waals surface area contributed by atoms with Gasteiger partial charge in [0, 0.05) is 55.9 Å². The molecule has 69 heavy (non-hydrogen) atoms. The van der Waals surface area contributed by atoms with Gasteiger partial charge in [-0.15, -0.1) is 25.5 Å². The molecule has 376 valence electrons. The van der Waals surface area contributed by atoms with Crippen LogP contribution in [0.3, 0.4) is 0 Å². The maximum absolute atomic E-state index is 13.2. The molecule has 3 aromatic heterocycles. The number of ether oxygens (including phenoxy) is 6. The molecule has 0 saturated carbocycles. The lowest BCUT2D eigenvalue weighted by molar-refractivity contribution is -0.123. The van der Waals surface area contributed by atoms with Gasteiger partial charge in [-0.3, -0.25) is 24.0 Å². The number of carbonyl (C=O) groups is 3. The fourth-order valence-electron chi connectivity index (χ4n) is 5.85. The van der Waals surface area contributed by atoms with Crippen LogP contribution in [0.15, 0.2) is 54.1 Å². The Hall–Kier alpha value is -5.58. The Bertz CT molecular complexity index is 2350. The van der Waals surface area contributed by atoms with Crippen molar-refractivity contribution in [3.63, 3.8) is 0 Å². The Morgan fingerprint density at radius 2 is 1.17 bits per heavy atom. The first-order valence-corrected chi connectivity index (χ1v) is 23.6. The molecular weight excluding hydrogens is 1040 g/mol. The number of nitrogens with zero attached hydrogens (tertiary/aromatic N) is 12. The molecule has 0 atom stereocenters. The average Bonchev–Trinajstić information content (AvgIpc) is 3.80. The molecule has 0 aliphatic carbocycles. The minimum absolute atomic E-state index is 0.0360. The Morgan fingerprint density at radius 1 is 0.652 bits per heavy atom. The summed E-state index contributed by atoms with van der Waals surface area (Å²) < 4.78 is 36.8. The SMILES string of the molecule is Cc1nnc(-c2ccc(CNC(=O)CCCC(=O)NCCOCCOCCOCCn3cc(Cn4c(=O)c(Br)c(Br)c(=O)n4CCC(=O)NCCOCCOCCOCCN=[N+]=[N-])nn3)cc2)nn1. The highest BCUT2D eigenvalue weighted by Crippen LogP contribution is 2.15. The van der Waals surface area contributed by atoms with Gasteiger partial charge in [0.15, 0.2) is 5.82 Å². The second-order valence-electron chi connectivity index (χ2n) is 14.6. The van der Waals surface area contributed by atoms with Crippen LogP contribution in [-0.4, -0.2) is 161 Å². The molecule has 0 radical (unpaired) electrons. The molecule has 0 spiro atoms. The summed E-state index contributed by atoms with van der Waals surface area (Å²) in [6.07, 6.45) is 2.43. The third-order valence-corrected chi connectivity index (χ3v) is 11.4. The fourth-order valence-corrected chi connectivity index (χ4v) is 6.60. The van der Waals surface area contributed by atoms with E-state index >= 15 is 0 Å². The highest BCUT2D eigenvalue weighted by atomic mass is 79.9. The van der Waals surface area contributed by atoms with Crippen LogP contribution in [0.5, 0.6) is 0 Å². The number of rotatable bonds is 36. The third-order valence-electron chi connectivity index (χ3n) is 9.35. The van der Waals surface area contributed by atoms with E-state index in [1.165, 1.54) is 9.36 Å². The van der Waals surface area contributed by atoms with Gasteiger partial charge >= 0.3 is 0 Å². The standard InChI is InChI=1S/C41H57Br2N15O11/c1-30-49-52-39(53-50-30)32-7-5-31(6-8-32)27-47-35(60)4-2-3-34(59)45-10-15-64-20-24-69-26-22-67-18-14-56-28-33(51-55-56)29-58-41(63)38(43)37(42)40(62)57(58)13-9-36(61)46-11-16-65-19-23-68-25-21-66-17-12-48-54-44/h5-8,28H,2-4,9-27,29H2,1H3,(H,45,59)(H,46,61)(H,47,60). The number of nitrogens with one attached hydrogen (secondary N) is 3. The second-order valence-corrected chi connectivity index (χ2v) is 16.2. The van der Waals surface area contributed by atoms with E-state index in [2.05, 4.69) is 88.5 Å². The van der Waals surface area contributed by atoms with Crippen molar-refractivity contribution in [2.45, 2.75) is 58.8 Å². The van der Waals surface area contributed by atoms with E-state index in [9.17, 15) is 24.0 Å². The third kappa shape index (κ3) is 22.2. The van der Waals surface area contributed by atoms with Crippen LogP contribution in [0.4, 0.5) is 0 Å². The minimum atomic E-state index is -0.507. The van der Waals surface area contributed by atoms with E-state index < -0.39 is 11.1 Å². The van der Waals surface area contributed by atoms with E-state index in [0.717, 1.165) is 11.1 Å². The van der Waals surface area contributed by atoms with Crippen molar-refractivity contribution in [3.8, 4) is 11.4 Å². The van der Waals surface area contributed by atoms with Gasteiger partial charge < -0.3 is 44.4 Å². The van der Waals surface area contributed by atoms with Gasteiger partial charge in [0.2, 0.25) is 23.5 Å². The van der Waals surface area contributed by atoms with E-state index in [0.29, 0.717) is 116 Å². The summed E-state index contributed by atoms with van der Waals surface area (Å²) in [4.78, 5) is 66.0. The van der Waals surface area contributed by atoms with Crippen molar-refractivity contribution in [2.75, 3.05) is 98.9 Å². The molecule has 1 aromatic carbocycles. The number of amides is 3. The number of hydrogen-bond acceptors (Lipinski definition) is 18. The van der Waals surface area contributed by atoms with Crippen molar-refractivity contribution < 1.29 is 42.8 Å². The number of benzene rings is 1. The molecule has 0 aliphatic heterocycles. The Balaban J connectivity index is 0.991. The lowest BCUT2D eigenvalue weighted by atomic mass is 10.1. The molecule has 0 unspecified atom stereocenters. The Kier molecular flexibility index (Phi) is 26.8. The van der Waals surface area contributed by atoms with Gasteiger partial charge in [-0.1, -0.05) is 34.6 Å². The highest BCUT2D eigenvalue weighted by Gasteiger charge is 2.18. The van der Waals surface area contributed by atoms with Crippen molar-refractivity contribution in [2.24, 2.45) is 5.11 Å². The maximum Gasteiger partial charge on any atom is 0.281 e. The summed E-state index contributed by atoms with van der Waals surface area (Å²) in [7, 11) is 0. The van der Waals surface area contributed by atoms with E-state index in [1.807, 2.05) is 24.3 Å². The first-order chi connectivity index (χ1) is 33.5. The molecule has 0 bridgehead atoms. The predicted octanol–water partition coefficient (Wildman–Crippen LogP) is 1.25. The molecule has 0 aliphatic rings. The summed E-state index contributed by atoms with van der Waals surface area (Å²) in [5.41, 5.74) is 9.31. The predicted molar refractivity (Wildman–Crippen MR) is 253 cm³/mol.